The number of benzene rings is 1. The Morgan fingerprint density at radius 2 is 2.12 bits per heavy atom. The molecule has 0 spiro atoms. The lowest BCUT2D eigenvalue weighted by molar-refractivity contribution is -0.0671. The van der Waals surface area contributed by atoms with Crippen molar-refractivity contribution in [3.05, 3.63) is 29.6 Å². The summed E-state index contributed by atoms with van der Waals surface area (Å²) in [6, 6.07) is 3.70. The Morgan fingerprint density at radius 1 is 1.50 bits per heavy atom. The van der Waals surface area contributed by atoms with Crippen LogP contribution in [0.2, 0.25) is 0 Å². The van der Waals surface area contributed by atoms with E-state index in [-0.39, 0.29) is 24.4 Å². The highest BCUT2D eigenvalue weighted by Gasteiger charge is 2.40. The molecular formula is C11H12FNO3. The van der Waals surface area contributed by atoms with Crippen LogP contribution in [0, 0.1) is 5.82 Å². The van der Waals surface area contributed by atoms with Crippen LogP contribution in [0.25, 0.3) is 0 Å². The second kappa shape index (κ2) is 3.45. The summed E-state index contributed by atoms with van der Waals surface area (Å²) in [5, 5.41) is 18.9. The molecule has 1 aliphatic heterocycles. The number of nitrogens with zero attached hydrogens (tertiary/aromatic N) is 1. The van der Waals surface area contributed by atoms with Gasteiger partial charge in [-0.1, -0.05) is 6.07 Å². The fraction of sp³-hybridized carbons (Fsp3) is 0.364. The van der Waals surface area contributed by atoms with Crippen LogP contribution in [0.4, 0.5) is 4.39 Å². The number of rotatable bonds is 1. The van der Waals surface area contributed by atoms with Crippen LogP contribution in [0.5, 0.6) is 5.75 Å². The molecule has 0 saturated carbocycles. The molecule has 1 heterocycles. The Balaban J connectivity index is 2.23. The predicted octanol–water partition coefficient (Wildman–Crippen LogP) is 0.738. The number of amides is 1. The molecule has 0 radical (unpaired) electrons. The summed E-state index contributed by atoms with van der Waals surface area (Å²) in [4.78, 5) is 13.1. The Labute approximate surface area is 91.9 Å². The number of hydrogen-bond donors (Lipinski definition) is 2. The number of carbonyl (C=O) groups excluding carboxylic acids is 1. The standard InChI is InChI=1S/C11H12FNO3/c1-11(16)5-13(6-11)10(15)9-7(12)3-2-4-8(9)14/h2-4,14,16H,5-6H2,1H3. The van der Waals surface area contributed by atoms with Crippen molar-refractivity contribution in [2.75, 3.05) is 13.1 Å². The molecular weight excluding hydrogens is 213 g/mol. The van der Waals surface area contributed by atoms with Crippen LogP contribution in [-0.2, 0) is 0 Å². The molecule has 16 heavy (non-hydrogen) atoms. The SMILES string of the molecule is CC1(O)CN(C(=O)c2c(O)cccc2F)C1. The quantitative estimate of drug-likeness (QED) is 0.741. The van der Waals surface area contributed by atoms with E-state index in [0.29, 0.717) is 0 Å². The van der Waals surface area contributed by atoms with Gasteiger partial charge >= 0.3 is 0 Å². The molecule has 1 aromatic carbocycles. The topological polar surface area (TPSA) is 60.8 Å². The van der Waals surface area contributed by atoms with E-state index in [1.54, 1.807) is 6.92 Å². The number of likely N-dealkylation sites (tertiary alicyclic amines) is 1. The van der Waals surface area contributed by atoms with E-state index in [2.05, 4.69) is 0 Å². The molecule has 0 aromatic heterocycles. The van der Waals surface area contributed by atoms with Crippen molar-refractivity contribution >= 4 is 5.91 Å². The van der Waals surface area contributed by atoms with Crippen molar-refractivity contribution in [3.8, 4) is 5.75 Å². The summed E-state index contributed by atoms with van der Waals surface area (Å²) >= 11 is 0. The highest BCUT2D eigenvalue weighted by molar-refractivity contribution is 5.97. The first-order valence-electron chi connectivity index (χ1n) is 4.90. The lowest BCUT2D eigenvalue weighted by atomic mass is 9.95. The number of phenolic OH excluding ortho intramolecular Hbond substituents is 1. The summed E-state index contributed by atoms with van der Waals surface area (Å²) in [6.07, 6.45) is 0. The van der Waals surface area contributed by atoms with Gasteiger partial charge in [0.2, 0.25) is 0 Å². The van der Waals surface area contributed by atoms with Gasteiger partial charge in [-0.25, -0.2) is 4.39 Å². The molecule has 1 aliphatic rings. The highest BCUT2D eigenvalue weighted by atomic mass is 19.1. The zero-order valence-corrected chi connectivity index (χ0v) is 8.77. The van der Waals surface area contributed by atoms with Crippen LogP contribution in [-0.4, -0.2) is 39.7 Å². The average Bonchev–Trinajstić information content (AvgIpc) is 2.13. The zero-order valence-electron chi connectivity index (χ0n) is 8.77. The Bertz CT molecular complexity index is 417. The van der Waals surface area contributed by atoms with E-state index in [1.165, 1.54) is 17.0 Å². The maximum Gasteiger partial charge on any atom is 0.260 e. The molecule has 2 N–H and O–H groups in total. The largest absolute Gasteiger partial charge is 0.507 e. The summed E-state index contributed by atoms with van der Waals surface area (Å²) in [5.74, 6) is -1.73. The van der Waals surface area contributed by atoms with Crippen LogP contribution in [0.1, 0.15) is 17.3 Å². The maximum absolute atomic E-state index is 13.3. The molecule has 1 aromatic rings. The molecule has 2 rings (SSSR count). The van der Waals surface area contributed by atoms with Crippen molar-refractivity contribution in [1.29, 1.82) is 0 Å². The number of phenols is 1. The summed E-state index contributed by atoms with van der Waals surface area (Å²) in [6.45, 7) is 1.90. The second-order valence-corrected chi connectivity index (χ2v) is 4.29. The van der Waals surface area contributed by atoms with Crippen LogP contribution >= 0.6 is 0 Å². The van der Waals surface area contributed by atoms with E-state index in [1.807, 2.05) is 0 Å². The number of carbonyl (C=O) groups is 1. The molecule has 0 bridgehead atoms. The van der Waals surface area contributed by atoms with E-state index < -0.39 is 17.3 Å². The number of β-amino-alcohol motifs (C(OH)–C–C–N with tert-alkyl or cyclic N) is 1. The molecule has 0 aliphatic carbocycles. The summed E-state index contributed by atoms with van der Waals surface area (Å²) in [7, 11) is 0. The van der Waals surface area contributed by atoms with Crippen LogP contribution in [0.15, 0.2) is 18.2 Å². The monoisotopic (exact) mass is 225 g/mol. The van der Waals surface area contributed by atoms with Crippen molar-refractivity contribution in [3.63, 3.8) is 0 Å². The van der Waals surface area contributed by atoms with Gasteiger partial charge in [0.1, 0.15) is 17.1 Å². The number of halogens is 1. The van der Waals surface area contributed by atoms with E-state index >= 15 is 0 Å². The van der Waals surface area contributed by atoms with Gasteiger partial charge in [-0.3, -0.25) is 4.79 Å². The Morgan fingerprint density at radius 3 is 2.62 bits per heavy atom. The minimum atomic E-state index is -0.906. The third-order valence-electron chi connectivity index (χ3n) is 2.56. The molecule has 1 fully saturated rings. The van der Waals surface area contributed by atoms with Gasteiger partial charge in [-0.05, 0) is 19.1 Å². The number of aromatic hydroxyl groups is 1. The van der Waals surface area contributed by atoms with Crippen molar-refractivity contribution in [2.24, 2.45) is 0 Å². The molecule has 4 nitrogen and oxygen atoms in total. The van der Waals surface area contributed by atoms with E-state index in [4.69, 9.17) is 0 Å². The molecule has 1 saturated heterocycles. The lowest BCUT2D eigenvalue weighted by Crippen LogP contribution is -2.61. The van der Waals surface area contributed by atoms with Gasteiger partial charge < -0.3 is 15.1 Å². The fourth-order valence-electron chi connectivity index (χ4n) is 1.80. The summed E-state index contributed by atoms with van der Waals surface area (Å²) < 4.78 is 13.3. The maximum atomic E-state index is 13.3. The Kier molecular flexibility index (Phi) is 2.35. The van der Waals surface area contributed by atoms with Gasteiger partial charge in [0.05, 0.1) is 18.7 Å². The van der Waals surface area contributed by atoms with E-state index in [0.717, 1.165) is 6.07 Å². The van der Waals surface area contributed by atoms with Crippen molar-refractivity contribution in [1.82, 2.24) is 4.90 Å². The van der Waals surface area contributed by atoms with Gasteiger partial charge in [0.25, 0.3) is 5.91 Å². The lowest BCUT2D eigenvalue weighted by Gasteiger charge is -2.44. The third kappa shape index (κ3) is 1.74. The normalized spacial score (nSPS) is 18.1. The fourth-order valence-corrected chi connectivity index (χ4v) is 1.80. The predicted molar refractivity (Wildman–Crippen MR) is 54.6 cm³/mol. The minimum absolute atomic E-state index is 0.152. The first-order chi connectivity index (χ1) is 7.41. The zero-order chi connectivity index (χ0) is 11.9. The number of hydrogen-bond acceptors (Lipinski definition) is 3. The molecule has 0 atom stereocenters. The molecule has 0 unspecified atom stereocenters. The minimum Gasteiger partial charge on any atom is -0.507 e. The smallest absolute Gasteiger partial charge is 0.260 e. The second-order valence-electron chi connectivity index (χ2n) is 4.29. The van der Waals surface area contributed by atoms with Crippen molar-refractivity contribution < 1.29 is 19.4 Å². The summed E-state index contributed by atoms with van der Waals surface area (Å²) in [5.41, 5.74) is -1.24. The van der Waals surface area contributed by atoms with Gasteiger partial charge in [0.15, 0.2) is 0 Å². The van der Waals surface area contributed by atoms with Gasteiger partial charge in [-0.2, -0.15) is 0 Å². The highest BCUT2D eigenvalue weighted by Crippen LogP contribution is 2.27. The first-order valence-corrected chi connectivity index (χ1v) is 4.90. The van der Waals surface area contributed by atoms with Crippen LogP contribution < -0.4 is 0 Å². The van der Waals surface area contributed by atoms with Crippen LogP contribution in [0.3, 0.4) is 0 Å². The Hall–Kier alpha value is -1.62. The van der Waals surface area contributed by atoms with Crippen molar-refractivity contribution in [2.45, 2.75) is 12.5 Å². The molecule has 5 heteroatoms. The van der Waals surface area contributed by atoms with Gasteiger partial charge in [0, 0.05) is 0 Å². The first kappa shape index (κ1) is 10.9. The molecule has 86 valence electrons. The molecule has 1 amide bonds. The van der Waals surface area contributed by atoms with E-state index in [9.17, 15) is 19.4 Å². The average molecular weight is 225 g/mol. The number of aliphatic hydroxyl groups is 1. The van der Waals surface area contributed by atoms with Gasteiger partial charge in [-0.15, -0.1) is 0 Å². The third-order valence-corrected chi connectivity index (χ3v) is 2.56.